The summed E-state index contributed by atoms with van der Waals surface area (Å²) in [6.07, 6.45) is 6.87. The molecule has 1 aliphatic rings. The summed E-state index contributed by atoms with van der Waals surface area (Å²) >= 11 is 0. The molecule has 0 heterocycles. The summed E-state index contributed by atoms with van der Waals surface area (Å²) < 4.78 is 0. The van der Waals surface area contributed by atoms with E-state index in [1.165, 1.54) is 38.6 Å². The zero-order chi connectivity index (χ0) is 9.03. The third-order valence-corrected chi connectivity index (χ3v) is 3.21. The molecule has 1 aliphatic carbocycles. The van der Waals surface area contributed by atoms with Gasteiger partial charge in [0.05, 0.1) is 0 Å². The summed E-state index contributed by atoms with van der Waals surface area (Å²) in [4.78, 5) is 0. The van der Waals surface area contributed by atoms with E-state index in [1.807, 2.05) is 0 Å². The van der Waals surface area contributed by atoms with Gasteiger partial charge in [-0.1, -0.05) is 20.8 Å². The summed E-state index contributed by atoms with van der Waals surface area (Å²) in [6.45, 7) is 8.11. The minimum absolute atomic E-state index is 0.550. The van der Waals surface area contributed by atoms with Gasteiger partial charge in [0.15, 0.2) is 0 Å². The van der Waals surface area contributed by atoms with Gasteiger partial charge in [0.1, 0.15) is 0 Å². The van der Waals surface area contributed by atoms with Crippen LogP contribution >= 0.6 is 0 Å². The van der Waals surface area contributed by atoms with Crippen molar-refractivity contribution in [1.29, 1.82) is 0 Å². The number of rotatable bonds is 5. The normalized spacial score (nSPS) is 21.0. The Morgan fingerprint density at radius 3 is 2.33 bits per heavy atom. The second-order valence-electron chi connectivity index (χ2n) is 4.60. The SMILES string of the molecule is CCC1(NCCC(C)C)CCC1. The maximum absolute atomic E-state index is 3.71. The third-order valence-electron chi connectivity index (χ3n) is 3.21. The van der Waals surface area contributed by atoms with Gasteiger partial charge in [-0.2, -0.15) is 0 Å². The van der Waals surface area contributed by atoms with Crippen LogP contribution in [0.5, 0.6) is 0 Å². The Balaban J connectivity index is 2.12. The highest BCUT2D eigenvalue weighted by Gasteiger charge is 2.33. The lowest BCUT2D eigenvalue weighted by molar-refractivity contribution is 0.175. The molecule has 0 unspecified atom stereocenters. The molecule has 0 aromatic rings. The largest absolute Gasteiger partial charge is 0.311 e. The van der Waals surface area contributed by atoms with Crippen molar-refractivity contribution >= 4 is 0 Å². The zero-order valence-corrected chi connectivity index (χ0v) is 8.82. The minimum atomic E-state index is 0.550. The molecule has 0 aliphatic heterocycles. The first kappa shape index (κ1) is 10.0. The molecule has 1 saturated carbocycles. The molecule has 72 valence electrons. The quantitative estimate of drug-likeness (QED) is 0.667. The molecule has 0 aromatic carbocycles. The molecule has 0 aromatic heterocycles. The van der Waals surface area contributed by atoms with E-state index in [0.717, 1.165) is 5.92 Å². The van der Waals surface area contributed by atoms with Gasteiger partial charge in [0, 0.05) is 5.54 Å². The fourth-order valence-corrected chi connectivity index (χ4v) is 1.88. The topological polar surface area (TPSA) is 12.0 Å². The Bertz CT molecular complexity index is 119. The molecule has 0 spiro atoms. The van der Waals surface area contributed by atoms with Crippen LogP contribution in [0, 0.1) is 5.92 Å². The monoisotopic (exact) mass is 169 g/mol. The van der Waals surface area contributed by atoms with Crippen molar-refractivity contribution in [2.24, 2.45) is 5.92 Å². The van der Waals surface area contributed by atoms with Crippen LogP contribution in [0.3, 0.4) is 0 Å². The molecule has 1 nitrogen and oxygen atoms in total. The van der Waals surface area contributed by atoms with E-state index in [-0.39, 0.29) is 0 Å². The fraction of sp³-hybridized carbons (Fsp3) is 1.00. The van der Waals surface area contributed by atoms with Crippen molar-refractivity contribution < 1.29 is 0 Å². The average molecular weight is 169 g/mol. The van der Waals surface area contributed by atoms with Crippen molar-refractivity contribution in [3.63, 3.8) is 0 Å². The Labute approximate surface area is 76.9 Å². The average Bonchev–Trinajstić information content (AvgIpc) is 1.94. The van der Waals surface area contributed by atoms with Crippen molar-refractivity contribution in [2.75, 3.05) is 6.54 Å². The van der Waals surface area contributed by atoms with E-state index in [0.29, 0.717) is 5.54 Å². The van der Waals surface area contributed by atoms with E-state index in [1.54, 1.807) is 0 Å². The van der Waals surface area contributed by atoms with Crippen LogP contribution in [0.25, 0.3) is 0 Å². The Morgan fingerprint density at radius 1 is 1.33 bits per heavy atom. The van der Waals surface area contributed by atoms with Crippen molar-refractivity contribution in [1.82, 2.24) is 5.32 Å². The third kappa shape index (κ3) is 2.48. The van der Waals surface area contributed by atoms with Gasteiger partial charge in [0.2, 0.25) is 0 Å². The molecule has 1 N–H and O–H groups in total. The molecule has 12 heavy (non-hydrogen) atoms. The summed E-state index contributed by atoms with van der Waals surface area (Å²) in [7, 11) is 0. The lowest BCUT2D eigenvalue weighted by Crippen LogP contribution is -2.50. The lowest BCUT2D eigenvalue weighted by atomic mass is 9.75. The van der Waals surface area contributed by atoms with Gasteiger partial charge >= 0.3 is 0 Å². The van der Waals surface area contributed by atoms with Gasteiger partial charge < -0.3 is 5.32 Å². The minimum Gasteiger partial charge on any atom is -0.311 e. The highest BCUT2D eigenvalue weighted by molar-refractivity contribution is 4.94. The predicted molar refractivity (Wildman–Crippen MR) is 54.3 cm³/mol. The Kier molecular flexibility index (Phi) is 3.57. The Morgan fingerprint density at radius 2 is 2.00 bits per heavy atom. The molecular formula is C11H23N. The maximum atomic E-state index is 3.71. The lowest BCUT2D eigenvalue weighted by Gasteiger charge is -2.42. The van der Waals surface area contributed by atoms with E-state index in [4.69, 9.17) is 0 Å². The van der Waals surface area contributed by atoms with Crippen LogP contribution in [-0.4, -0.2) is 12.1 Å². The Hall–Kier alpha value is -0.0400. The molecule has 0 amide bonds. The second-order valence-corrected chi connectivity index (χ2v) is 4.60. The molecule has 0 bridgehead atoms. The highest BCUT2D eigenvalue weighted by Crippen LogP contribution is 2.34. The molecule has 0 atom stereocenters. The molecule has 1 heteroatoms. The standard InChI is InChI=1S/C11H23N/c1-4-11(7-5-8-11)12-9-6-10(2)3/h10,12H,4-9H2,1-3H3. The smallest absolute Gasteiger partial charge is 0.0178 e. The number of nitrogens with one attached hydrogen (secondary N) is 1. The second kappa shape index (κ2) is 4.27. The first-order valence-corrected chi connectivity index (χ1v) is 5.43. The number of hydrogen-bond donors (Lipinski definition) is 1. The van der Waals surface area contributed by atoms with Crippen LogP contribution in [0.2, 0.25) is 0 Å². The van der Waals surface area contributed by atoms with Gasteiger partial charge in [-0.25, -0.2) is 0 Å². The van der Waals surface area contributed by atoms with Gasteiger partial charge in [-0.3, -0.25) is 0 Å². The highest BCUT2D eigenvalue weighted by atomic mass is 15.0. The van der Waals surface area contributed by atoms with Crippen LogP contribution in [0.15, 0.2) is 0 Å². The number of hydrogen-bond acceptors (Lipinski definition) is 1. The first-order chi connectivity index (χ1) is 5.68. The van der Waals surface area contributed by atoms with Gasteiger partial charge in [0.25, 0.3) is 0 Å². The van der Waals surface area contributed by atoms with E-state index < -0.39 is 0 Å². The van der Waals surface area contributed by atoms with Crippen molar-refractivity contribution in [3.8, 4) is 0 Å². The molecular weight excluding hydrogens is 146 g/mol. The van der Waals surface area contributed by atoms with Gasteiger partial charge in [-0.15, -0.1) is 0 Å². The van der Waals surface area contributed by atoms with E-state index in [2.05, 4.69) is 26.1 Å². The van der Waals surface area contributed by atoms with E-state index >= 15 is 0 Å². The summed E-state index contributed by atoms with van der Waals surface area (Å²) in [6, 6.07) is 0. The van der Waals surface area contributed by atoms with Crippen LogP contribution in [-0.2, 0) is 0 Å². The first-order valence-electron chi connectivity index (χ1n) is 5.43. The van der Waals surface area contributed by atoms with Crippen LogP contribution in [0.1, 0.15) is 52.9 Å². The fourth-order valence-electron chi connectivity index (χ4n) is 1.88. The molecule has 0 radical (unpaired) electrons. The van der Waals surface area contributed by atoms with Crippen LogP contribution < -0.4 is 5.32 Å². The predicted octanol–water partition coefficient (Wildman–Crippen LogP) is 2.95. The molecule has 1 fully saturated rings. The summed E-state index contributed by atoms with van der Waals surface area (Å²) in [5, 5.41) is 3.71. The maximum Gasteiger partial charge on any atom is 0.0178 e. The summed E-state index contributed by atoms with van der Waals surface area (Å²) in [5.74, 6) is 0.839. The van der Waals surface area contributed by atoms with Crippen molar-refractivity contribution in [3.05, 3.63) is 0 Å². The molecule has 0 saturated heterocycles. The zero-order valence-electron chi connectivity index (χ0n) is 8.82. The summed E-state index contributed by atoms with van der Waals surface area (Å²) in [5.41, 5.74) is 0.550. The molecule has 1 rings (SSSR count). The van der Waals surface area contributed by atoms with Gasteiger partial charge in [-0.05, 0) is 44.6 Å². The van der Waals surface area contributed by atoms with Crippen LogP contribution in [0.4, 0.5) is 0 Å². The van der Waals surface area contributed by atoms with Crippen molar-refractivity contribution in [2.45, 2.75) is 58.4 Å². The van der Waals surface area contributed by atoms with E-state index in [9.17, 15) is 0 Å².